The topological polar surface area (TPSA) is 52.3 Å². The lowest BCUT2D eigenvalue weighted by atomic mass is 10.2. The average molecular weight is 340 g/mol. The highest BCUT2D eigenvalue weighted by atomic mass is 79.9. The summed E-state index contributed by atoms with van der Waals surface area (Å²) < 4.78 is 7.89. The molecule has 2 heterocycles. The third-order valence-corrected chi connectivity index (χ3v) is 3.58. The Kier molecular flexibility index (Phi) is 3.12. The quantitative estimate of drug-likeness (QED) is 0.673. The van der Waals surface area contributed by atoms with Gasteiger partial charge in [-0.3, -0.25) is 4.40 Å². The van der Waals surface area contributed by atoms with E-state index in [0.29, 0.717) is 16.6 Å². The van der Waals surface area contributed by atoms with Crippen LogP contribution in [0.15, 0.2) is 35.1 Å². The molecule has 0 fully saturated rings. The number of benzene rings is 1. The largest absolute Gasteiger partial charge is 0.497 e. The number of halogens is 2. The van der Waals surface area contributed by atoms with Crippen LogP contribution in [0.3, 0.4) is 0 Å². The van der Waals surface area contributed by atoms with Crippen LogP contribution in [0.4, 0.5) is 0 Å². The van der Waals surface area contributed by atoms with Crippen LogP contribution in [0.1, 0.15) is 0 Å². The molecule has 0 aliphatic carbocycles. The van der Waals surface area contributed by atoms with Crippen molar-refractivity contribution in [3.63, 3.8) is 0 Å². The maximum atomic E-state index is 5.83. The van der Waals surface area contributed by atoms with E-state index in [1.54, 1.807) is 23.9 Å². The van der Waals surface area contributed by atoms with Crippen LogP contribution in [0.25, 0.3) is 17.0 Å². The Morgan fingerprint density at radius 1 is 1.26 bits per heavy atom. The van der Waals surface area contributed by atoms with E-state index in [0.717, 1.165) is 15.8 Å². The molecule has 0 aliphatic rings. The second-order valence-corrected chi connectivity index (χ2v) is 5.05. The van der Waals surface area contributed by atoms with Crippen molar-refractivity contribution in [1.82, 2.24) is 19.6 Å². The van der Waals surface area contributed by atoms with E-state index < -0.39 is 0 Å². The van der Waals surface area contributed by atoms with Crippen molar-refractivity contribution in [1.29, 1.82) is 0 Å². The first-order valence-corrected chi connectivity index (χ1v) is 6.56. The highest BCUT2D eigenvalue weighted by Crippen LogP contribution is 2.30. The number of nitrogens with zero attached hydrogens (tertiary/aromatic N) is 4. The van der Waals surface area contributed by atoms with Crippen LogP contribution < -0.4 is 4.74 Å². The molecular formula is C12H8BrClN4O. The molecule has 96 valence electrons. The number of ether oxygens (including phenoxy) is 1. The highest BCUT2D eigenvalue weighted by molar-refractivity contribution is 9.10. The fourth-order valence-corrected chi connectivity index (χ4v) is 2.32. The van der Waals surface area contributed by atoms with Gasteiger partial charge in [-0.05, 0) is 18.2 Å². The number of aromatic nitrogens is 4. The molecule has 0 saturated carbocycles. The molecule has 1 aromatic carbocycles. The Hall–Kier alpha value is -1.66. The normalized spacial score (nSPS) is 10.9. The van der Waals surface area contributed by atoms with Crippen molar-refractivity contribution in [2.75, 3.05) is 7.11 Å². The molecule has 7 heteroatoms. The van der Waals surface area contributed by atoms with Gasteiger partial charge < -0.3 is 4.74 Å². The number of rotatable bonds is 2. The number of hydrogen-bond acceptors (Lipinski definition) is 4. The van der Waals surface area contributed by atoms with Crippen LogP contribution in [0, 0.1) is 0 Å². The van der Waals surface area contributed by atoms with Gasteiger partial charge in [0.1, 0.15) is 17.2 Å². The summed E-state index contributed by atoms with van der Waals surface area (Å²) in [4.78, 5) is 4.04. The van der Waals surface area contributed by atoms with Crippen molar-refractivity contribution >= 4 is 33.2 Å². The van der Waals surface area contributed by atoms with Crippen molar-refractivity contribution in [3.8, 4) is 17.1 Å². The lowest BCUT2D eigenvalue weighted by molar-refractivity contribution is 0.415. The molecule has 0 saturated heterocycles. The average Bonchev–Trinajstić information content (AvgIpc) is 2.82. The molecule has 0 spiro atoms. The number of fused-ring (bicyclic) bond motifs is 1. The zero-order chi connectivity index (χ0) is 13.4. The van der Waals surface area contributed by atoms with E-state index in [9.17, 15) is 0 Å². The standard InChI is InChI=1S/C12H8BrClN4O/c1-19-7-2-3-9(13)8(4-7)12-17-16-11-5-10(14)15-6-18(11)12/h2-6H,1H3. The van der Waals surface area contributed by atoms with Crippen LogP contribution in [-0.2, 0) is 0 Å². The summed E-state index contributed by atoms with van der Waals surface area (Å²) >= 11 is 9.33. The summed E-state index contributed by atoms with van der Waals surface area (Å²) in [6.45, 7) is 0. The summed E-state index contributed by atoms with van der Waals surface area (Å²) in [7, 11) is 1.62. The van der Waals surface area contributed by atoms with Gasteiger partial charge in [0, 0.05) is 16.1 Å². The SMILES string of the molecule is COc1ccc(Br)c(-c2nnc3cc(Cl)ncn23)c1. The Morgan fingerprint density at radius 3 is 2.89 bits per heavy atom. The minimum absolute atomic E-state index is 0.385. The molecular weight excluding hydrogens is 332 g/mol. The Labute approximate surface area is 122 Å². The number of methoxy groups -OCH3 is 1. The minimum atomic E-state index is 0.385. The second-order valence-electron chi connectivity index (χ2n) is 3.81. The molecule has 0 aliphatic heterocycles. The summed E-state index contributed by atoms with van der Waals surface area (Å²) in [5.74, 6) is 1.42. The Balaban J connectivity index is 2.24. The first-order chi connectivity index (χ1) is 9.19. The molecule has 3 aromatic rings. The summed E-state index contributed by atoms with van der Waals surface area (Å²) in [6.07, 6.45) is 1.60. The molecule has 0 radical (unpaired) electrons. The minimum Gasteiger partial charge on any atom is -0.497 e. The predicted molar refractivity (Wildman–Crippen MR) is 75.5 cm³/mol. The van der Waals surface area contributed by atoms with E-state index in [4.69, 9.17) is 16.3 Å². The van der Waals surface area contributed by atoms with Crippen molar-refractivity contribution in [2.45, 2.75) is 0 Å². The van der Waals surface area contributed by atoms with Crippen molar-refractivity contribution in [3.05, 3.63) is 40.2 Å². The van der Waals surface area contributed by atoms with Crippen molar-refractivity contribution < 1.29 is 4.74 Å². The summed E-state index contributed by atoms with van der Waals surface area (Å²) in [5.41, 5.74) is 1.51. The van der Waals surface area contributed by atoms with Crippen LogP contribution in [0.2, 0.25) is 5.15 Å². The summed E-state index contributed by atoms with van der Waals surface area (Å²) in [6, 6.07) is 7.31. The molecule has 0 amide bonds. The first kappa shape index (κ1) is 12.4. The van der Waals surface area contributed by atoms with Crippen LogP contribution >= 0.6 is 27.5 Å². The van der Waals surface area contributed by atoms with Gasteiger partial charge in [0.25, 0.3) is 0 Å². The third kappa shape index (κ3) is 2.17. The van der Waals surface area contributed by atoms with Crippen LogP contribution in [0.5, 0.6) is 5.75 Å². The first-order valence-electron chi connectivity index (χ1n) is 5.39. The van der Waals surface area contributed by atoms with E-state index in [-0.39, 0.29) is 0 Å². The van der Waals surface area contributed by atoms with Gasteiger partial charge in [-0.15, -0.1) is 10.2 Å². The second kappa shape index (κ2) is 4.79. The van der Waals surface area contributed by atoms with Gasteiger partial charge in [0.15, 0.2) is 11.5 Å². The highest BCUT2D eigenvalue weighted by Gasteiger charge is 2.12. The van der Waals surface area contributed by atoms with Gasteiger partial charge in [-0.1, -0.05) is 27.5 Å². The van der Waals surface area contributed by atoms with E-state index >= 15 is 0 Å². The maximum Gasteiger partial charge on any atom is 0.170 e. The monoisotopic (exact) mass is 338 g/mol. The molecule has 3 rings (SSSR count). The van der Waals surface area contributed by atoms with Gasteiger partial charge in [0.05, 0.1) is 7.11 Å². The molecule has 2 aromatic heterocycles. The van der Waals surface area contributed by atoms with E-state index in [2.05, 4.69) is 31.1 Å². The number of hydrogen-bond donors (Lipinski definition) is 0. The van der Waals surface area contributed by atoms with E-state index in [1.165, 1.54) is 0 Å². The third-order valence-electron chi connectivity index (χ3n) is 2.68. The smallest absolute Gasteiger partial charge is 0.170 e. The molecule has 0 bridgehead atoms. The molecule has 5 nitrogen and oxygen atoms in total. The lowest BCUT2D eigenvalue weighted by Crippen LogP contribution is -1.93. The van der Waals surface area contributed by atoms with Crippen molar-refractivity contribution in [2.24, 2.45) is 0 Å². The fourth-order valence-electron chi connectivity index (χ4n) is 1.76. The Bertz CT molecular complexity index is 759. The Morgan fingerprint density at radius 2 is 2.11 bits per heavy atom. The molecule has 19 heavy (non-hydrogen) atoms. The van der Waals surface area contributed by atoms with Crippen LogP contribution in [-0.4, -0.2) is 26.7 Å². The maximum absolute atomic E-state index is 5.83. The molecule has 0 N–H and O–H groups in total. The van der Waals surface area contributed by atoms with Gasteiger partial charge in [-0.2, -0.15) is 0 Å². The lowest BCUT2D eigenvalue weighted by Gasteiger charge is -2.05. The predicted octanol–water partition coefficient (Wildman–Crippen LogP) is 3.22. The van der Waals surface area contributed by atoms with Gasteiger partial charge >= 0.3 is 0 Å². The zero-order valence-electron chi connectivity index (χ0n) is 9.84. The van der Waals surface area contributed by atoms with Gasteiger partial charge in [-0.25, -0.2) is 4.98 Å². The van der Waals surface area contributed by atoms with Gasteiger partial charge in [0.2, 0.25) is 0 Å². The summed E-state index contributed by atoms with van der Waals surface area (Å²) in [5, 5.41) is 8.64. The molecule has 0 unspecified atom stereocenters. The fraction of sp³-hybridized carbons (Fsp3) is 0.0833. The molecule has 0 atom stereocenters. The van der Waals surface area contributed by atoms with E-state index in [1.807, 2.05) is 18.2 Å². The zero-order valence-corrected chi connectivity index (χ0v) is 12.2.